The number of hydrogen-bond acceptors (Lipinski definition) is 3. The van der Waals surface area contributed by atoms with Gasteiger partial charge in [-0.1, -0.05) is 24.9 Å². The third kappa shape index (κ3) is 2.62. The van der Waals surface area contributed by atoms with Crippen molar-refractivity contribution in [3.8, 4) is 0 Å². The predicted molar refractivity (Wildman–Crippen MR) is 64.8 cm³/mol. The van der Waals surface area contributed by atoms with Crippen LogP contribution in [0.5, 0.6) is 0 Å². The Bertz CT molecular complexity index is 373. The lowest BCUT2D eigenvalue weighted by molar-refractivity contribution is 0.0944. The monoisotopic (exact) mass is 243 g/mol. The number of Topliss-reactive ketones (excluding diaryl/α,β-unsaturated/α-hetero) is 1. The van der Waals surface area contributed by atoms with Gasteiger partial charge in [-0.15, -0.1) is 0 Å². The maximum Gasteiger partial charge on any atom is 0.199 e. The van der Waals surface area contributed by atoms with Gasteiger partial charge >= 0.3 is 0 Å². The molecule has 90 valence electrons. The molecule has 0 spiro atoms. The van der Waals surface area contributed by atoms with Crippen LogP contribution in [-0.4, -0.2) is 21.6 Å². The van der Waals surface area contributed by atoms with Crippen molar-refractivity contribution in [2.75, 3.05) is 0 Å². The number of ketones is 1. The molecule has 1 unspecified atom stereocenters. The summed E-state index contributed by atoms with van der Waals surface area (Å²) in [7, 11) is 0. The molecule has 16 heavy (non-hydrogen) atoms. The molecule has 4 nitrogen and oxygen atoms in total. The summed E-state index contributed by atoms with van der Waals surface area (Å²) in [5.41, 5.74) is 6.24. The Labute approximate surface area is 101 Å². The molecule has 1 atom stereocenters. The molecular weight excluding hydrogens is 226 g/mol. The van der Waals surface area contributed by atoms with Crippen molar-refractivity contribution in [1.29, 1.82) is 0 Å². The van der Waals surface area contributed by atoms with Crippen LogP contribution in [0.2, 0.25) is 5.02 Å². The van der Waals surface area contributed by atoms with E-state index < -0.39 is 6.04 Å². The highest BCUT2D eigenvalue weighted by atomic mass is 35.5. The van der Waals surface area contributed by atoms with Crippen molar-refractivity contribution < 1.29 is 4.79 Å². The van der Waals surface area contributed by atoms with Gasteiger partial charge in [-0.05, 0) is 20.3 Å². The van der Waals surface area contributed by atoms with Gasteiger partial charge in [0.05, 0.1) is 17.3 Å². The molecule has 1 aromatic rings. The Morgan fingerprint density at radius 2 is 2.25 bits per heavy atom. The van der Waals surface area contributed by atoms with Gasteiger partial charge in [0.2, 0.25) is 0 Å². The molecule has 2 N–H and O–H groups in total. The van der Waals surface area contributed by atoms with Crippen LogP contribution in [0.3, 0.4) is 0 Å². The fraction of sp³-hybridized carbons (Fsp3) is 0.636. The molecule has 0 saturated heterocycles. The maximum atomic E-state index is 12.1. The van der Waals surface area contributed by atoms with E-state index in [9.17, 15) is 4.79 Å². The first kappa shape index (κ1) is 13.2. The first-order valence-corrected chi connectivity index (χ1v) is 5.89. The van der Waals surface area contributed by atoms with E-state index in [-0.39, 0.29) is 11.8 Å². The molecule has 1 aromatic heterocycles. The lowest BCUT2D eigenvalue weighted by Crippen LogP contribution is -2.32. The summed E-state index contributed by atoms with van der Waals surface area (Å²) in [4.78, 5) is 12.1. The van der Waals surface area contributed by atoms with Crippen LogP contribution in [0, 0.1) is 0 Å². The molecule has 1 heterocycles. The van der Waals surface area contributed by atoms with Gasteiger partial charge < -0.3 is 5.73 Å². The van der Waals surface area contributed by atoms with Crippen molar-refractivity contribution in [3.05, 3.63) is 16.9 Å². The van der Waals surface area contributed by atoms with Crippen molar-refractivity contribution in [3.63, 3.8) is 0 Å². The van der Waals surface area contributed by atoms with Gasteiger partial charge in [0.25, 0.3) is 0 Å². The van der Waals surface area contributed by atoms with E-state index in [0.717, 1.165) is 6.42 Å². The van der Waals surface area contributed by atoms with Crippen LogP contribution in [-0.2, 0) is 0 Å². The molecule has 0 bridgehead atoms. The van der Waals surface area contributed by atoms with E-state index in [1.807, 2.05) is 20.8 Å². The highest BCUT2D eigenvalue weighted by molar-refractivity contribution is 6.33. The summed E-state index contributed by atoms with van der Waals surface area (Å²) < 4.78 is 1.63. The van der Waals surface area contributed by atoms with Crippen LogP contribution >= 0.6 is 11.6 Å². The van der Waals surface area contributed by atoms with E-state index in [0.29, 0.717) is 17.1 Å². The van der Waals surface area contributed by atoms with Gasteiger partial charge in [0.1, 0.15) is 5.69 Å². The van der Waals surface area contributed by atoms with Crippen LogP contribution < -0.4 is 5.73 Å². The van der Waals surface area contributed by atoms with Gasteiger partial charge in [0, 0.05) is 6.04 Å². The highest BCUT2D eigenvalue weighted by Gasteiger charge is 2.23. The van der Waals surface area contributed by atoms with E-state index in [4.69, 9.17) is 17.3 Å². The number of rotatable bonds is 5. The molecule has 0 saturated carbocycles. The van der Waals surface area contributed by atoms with E-state index in [2.05, 4.69) is 5.10 Å². The van der Waals surface area contributed by atoms with Crippen molar-refractivity contribution in [2.24, 2.45) is 5.73 Å². The summed E-state index contributed by atoms with van der Waals surface area (Å²) in [5, 5.41) is 4.47. The van der Waals surface area contributed by atoms with Crippen LogP contribution in [0.25, 0.3) is 0 Å². The molecule has 0 fully saturated rings. The van der Waals surface area contributed by atoms with Crippen molar-refractivity contribution >= 4 is 17.4 Å². The summed E-state index contributed by atoms with van der Waals surface area (Å²) in [6, 6.07) is -0.392. The highest BCUT2D eigenvalue weighted by Crippen LogP contribution is 2.20. The van der Waals surface area contributed by atoms with Crippen molar-refractivity contribution in [2.45, 2.75) is 45.7 Å². The third-order valence-corrected chi connectivity index (χ3v) is 2.69. The number of carbonyl (C=O) groups excluding carboxylic acids is 1. The summed E-state index contributed by atoms with van der Waals surface area (Å²) in [5.74, 6) is -0.127. The number of nitrogens with two attached hydrogens (primary N) is 1. The molecule has 0 amide bonds. The minimum Gasteiger partial charge on any atom is -0.321 e. The van der Waals surface area contributed by atoms with Gasteiger partial charge in [0.15, 0.2) is 5.78 Å². The Morgan fingerprint density at radius 3 is 2.75 bits per heavy atom. The largest absolute Gasteiger partial charge is 0.321 e. The number of nitrogens with zero attached hydrogens (tertiary/aromatic N) is 2. The van der Waals surface area contributed by atoms with Gasteiger partial charge in [-0.3, -0.25) is 9.48 Å². The predicted octanol–water partition coefficient (Wildman–Crippen LogP) is 2.43. The third-order valence-electron chi connectivity index (χ3n) is 2.41. The van der Waals surface area contributed by atoms with Crippen LogP contribution in [0.1, 0.15) is 50.1 Å². The van der Waals surface area contributed by atoms with Crippen LogP contribution in [0.15, 0.2) is 6.20 Å². The van der Waals surface area contributed by atoms with Gasteiger partial charge in [-0.25, -0.2) is 0 Å². The van der Waals surface area contributed by atoms with Gasteiger partial charge in [-0.2, -0.15) is 5.10 Å². The van der Waals surface area contributed by atoms with Crippen LogP contribution in [0.4, 0.5) is 0 Å². The topological polar surface area (TPSA) is 60.9 Å². The Morgan fingerprint density at radius 1 is 1.62 bits per heavy atom. The summed E-state index contributed by atoms with van der Waals surface area (Å²) in [6.07, 6.45) is 3.03. The molecule has 0 aliphatic rings. The number of aromatic nitrogens is 2. The Balaban J connectivity index is 3.02. The Kier molecular flexibility index (Phi) is 4.50. The lowest BCUT2D eigenvalue weighted by Gasteiger charge is -2.14. The van der Waals surface area contributed by atoms with Crippen molar-refractivity contribution in [1.82, 2.24) is 9.78 Å². The minimum absolute atomic E-state index is 0.0975. The SMILES string of the molecule is CCCC(N)C(=O)c1c(Cl)cnn1C(C)C. The second-order valence-corrected chi connectivity index (χ2v) is 4.55. The average Bonchev–Trinajstić information content (AvgIpc) is 2.59. The fourth-order valence-electron chi connectivity index (χ4n) is 1.58. The van der Waals surface area contributed by atoms with E-state index >= 15 is 0 Å². The molecule has 1 rings (SSSR count). The average molecular weight is 244 g/mol. The summed E-state index contributed by atoms with van der Waals surface area (Å²) in [6.45, 7) is 5.89. The lowest BCUT2D eigenvalue weighted by atomic mass is 10.1. The normalized spacial score (nSPS) is 13.1. The fourth-order valence-corrected chi connectivity index (χ4v) is 1.80. The minimum atomic E-state index is -0.489. The summed E-state index contributed by atoms with van der Waals surface area (Å²) >= 11 is 5.97. The molecular formula is C11H18ClN3O. The first-order chi connectivity index (χ1) is 7.49. The number of carbonyl (C=O) groups is 1. The van der Waals surface area contributed by atoms with E-state index in [1.54, 1.807) is 4.68 Å². The second-order valence-electron chi connectivity index (χ2n) is 4.14. The molecule has 0 aliphatic carbocycles. The molecule has 0 aliphatic heterocycles. The smallest absolute Gasteiger partial charge is 0.199 e. The molecule has 0 aromatic carbocycles. The van der Waals surface area contributed by atoms with E-state index in [1.165, 1.54) is 6.20 Å². The first-order valence-electron chi connectivity index (χ1n) is 5.51. The maximum absolute atomic E-state index is 12.1. The molecule has 0 radical (unpaired) electrons. The number of halogens is 1. The quantitative estimate of drug-likeness (QED) is 0.808. The Hall–Kier alpha value is -0.870. The zero-order chi connectivity index (χ0) is 12.3. The zero-order valence-corrected chi connectivity index (χ0v) is 10.7. The number of hydrogen-bond donors (Lipinski definition) is 1. The zero-order valence-electron chi connectivity index (χ0n) is 9.90. The standard InChI is InChI=1S/C11H18ClN3O/c1-4-5-9(13)11(16)10-8(12)6-14-15(10)7(2)3/h6-7,9H,4-5,13H2,1-3H3. The molecule has 5 heteroatoms. The second kappa shape index (κ2) is 5.46.